The summed E-state index contributed by atoms with van der Waals surface area (Å²) in [6, 6.07) is 23.1. The lowest BCUT2D eigenvalue weighted by atomic mass is 10.1. The Hall–Kier alpha value is -4.48. The van der Waals surface area contributed by atoms with Gasteiger partial charge in [-0.15, -0.1) is 0 Å². The number of aromatic nitrogens is 2. The Labute approximate surface area is 203 Å². The number of rotatable bonds is 8. The van der Waals surface area contributed by atoms with Gasteiger partial charge < -0.3 is 14.2 Å². The van der Waals surface area contributed by atoms with Gasteiger partial charge >= 0.3 is 0 Å². The lowest BCUT2D eigenvalue weighted by molar-refractivity contribution is 0.0991. The first-order valence-corrected chi connectivity index (χ1v) is 11.2. The van der Waals surface area contributed by atoms with Crippen molar-refractivity contribution < 1.29 is 14.3 Å². The summed E-state index contributed by atoms with van der Waals surface area (Å²) in [5.74, 6) is -0.0483. The van der Waals surface area contributed by atoms with Crippen molar-refractivity contribution >= 4 is 34.5 Å². The van der Waals surface area contributed by atoms with E-state index in [0.717, 1.165) is 11.9 Å². The first-order chi connectivity index (χ1) is 17.0. The fraction of sp³-hybridized carbons (Fsp3) is 0.185. The van der Waals surface area contributed by atoms with E-state index in [1.807, 2.05) is 47.0 Å². The Kier molecular flexibility index (Phi) is 7.19. The van der Waals surface area contributed by atoms with Crippen molar-refractivity contribution in [3.63, 3.8) is 0 Å². The number of hydrogen-bond acceptors (Lipinski definition) is 5. The summed E-state index contributed by atoms with van der Waals surface area (Å²) in [7, 11) is 3.37. The largest absolute Gasteiger partial charge is 0.385 e. The molecule has 0 fully saturated rings. The minimum atomic E-state index is -0.325. The van der Waals surface area contributed by atoms with Crippen LogP contribution in [0, 0.1) is 11.3 Å². The van der Waals surface area contributed by atoms with Gasteiger partial charge in [0.05, 0.1) is 22.7 Å². The molecule has 0 unspecified atom stereocenters. The van der Waals surface area contributed by atoms with E-state index < -0.39 is 0 Å². The Balaban J connectivity index is 1.65. The summed E-state index contributed by atoms with van der Waals surface area (Å²) in [6.45, 7) is 1.15. The quantitative estimate of drug-likeness (QED) is 0.385. The summed E-state index contributed by atoms with van der Waals surface area (Å²) in [4.78, 5) is 32.0. The van der Waals surface area contributed by atoms with Gasteiger partial charge in [0.2, 0.25) is 5.95 Å². The number of nitrogens with zero attached hydrogens (tertiary/aromatic N) is 4. The average molecular weight is 468 g/mol. The number of amides is 2. The minimum Gasteiger partial charge on any atom is -0.385 e. The van der Waals surface area contributed by atoms with Crippen LogP contribution >= 0.6 is 0 Å². The van der Waals surface area contributed by atoms with E-state index in [4.69, 9.17) is 10.00 Å². The van der Waals surface area contributed by atoms with Crippen LogP contribution in [0.25, 0.3) is 11.0 Å². The number of nitriles is 1. The number of anilines is 2. The molecule has 4 rings (SSSR count). The van der Waals surface area contributed by atoms with Crippen LogP contribution in [0.2, 0.25) is 0 Å². The number of methoxy groups -OCH3 is 1. The van der Waals surface area contributed by atoms with Crippen molar-refractivity contribution in [3.05, 3.63) is 89.5 Å². The van der Waals surface area contributed by atoms with Crippen molar-refractivity contribution in [2.75, 3.05) is 31.0 Å². The van der Waals surface area contributed by atoms with Gasteiger partial charge in [-0.2, -0.15) is 5.26 Å². The van der Waals surface area contributed by atoms with Gasteiger partial charge in [-0.25, -0.2) is 4.98 Å². The van der Waals surface area contributed by atoms with Gasteiger partial charge in [0.25, 0.3) is 11.8 Å². The maximum atomic E-state index is 12.9. The van der Waals surface area contributed by atoms with Gasteiger partial charge in [0, 0.05) is 44.1 Å². The van der Waals surface area contributed by atoms with E-state index >= 15 is 0 Å². The Bertz CT molecular complexity index is 1390. The summed E-state index contributed by atoms with van der Waals surface area (Å²) in [5, 5.41) is 11.9. The SMILES string of the molecule is COCCCn1c(NC(=O)c2ccc(C#N)cc2)nc2cc(N(C)C(=O)c3ccccc3)ccc21. The molecule has 0 aliphatic rings. The smallest absolute Gasteiger partial charge is 0.258 e. The molecule has 0 bridgehead atoms. The van der Waals surface area contributed by atoms with Crippen LogP contribution in [0.15, 0.2) is 72.8 Å². The number of imidazole rings is 1. The van der Waals surface area contributed by atoms with Crippen molar-refractivity contribution in [2.24, 2.45) is 0 Å². The third-order valence-corrected chi connectivity index (χ3v) is 5.68. The summed E-state index contributed by atoms with van der Waals surface area (Å²) in [5.41, 5.74) is 3.68. The number of aryl methyl sites for hydroxylation is 1. The molecule has 2 amide bonds. The highest BCUT2D eigenvalue weighted by Crippen LogP contribution is 2.26. The van der Waals surface area contributed by atoms with Crippen molar-refractivity contribution in [1.29, 1.82) is 5.26 Å². The Morgan fingerprint density at radius 3 is 2.49 bits per heavy atom. The molecule has 4 aromatic rings. The fourth-order valence-corrected chi connectivity index (χ4v) is 3.78. The maximum Gasteiger partial charge on any atom is 0.258 e. The van der Waals surface area contributed by atoms with E-state index in [1.54, 1.807) is 55.5 Å². The number of carbonyl (C=O) groups excluding carboxylic acids is 2. The number of nitrogens with one attached hydrogen (secondary N) is 1. The zero-order valence-corrected chi connectivity index (χ0v) is 19.6. The van der Waals surface area contributed by atoms with Crippen molar-refractivity contribution in [3.8, 4) is 6.07 Å². The highest BCUT2D eigenvalue weighted by molar-refractivity contribution is 6.07. The number of hydrogen-bond donors (Lipinski definition) is 1. The normalized spacial score (nSPS) is 10.7. The molecule has 1 aromatic heterocycles. The topological polar surface area (TPSA) is 100 Å². The van der Waals surface area contributed by atoms with E-state index in [2.05, 4.69) is 10.3 Å². The number of carbonyl (C=O) groups is 2. The van der Waals surface area contributed by atoms with Crippen LogP contribution in [-0.4, -0.2) is 42.1 Å². The second kappa shape index (κ2) is 10.6. The van der Waals surface area contributed by atoms with Crippen LogP contribution in [0.1, 0.15) is 32.7 Å². The number of fused-ring (bicyclic) bond motifs is 1. The monoisotopic (exact) mass is 467 g/mol. The van der Waals surface area contributed by atoms with Crippen LogP contribution in [0.5, 0.6) is 0 Å². The number of benzene rings is 3. The van der Waals surface area contributed by atoms with Crippen LogP contribution in [0.4, 0.5) is 11.6 Å². The molecule has 8 nitrogen and oxygen atoms in total. The minimum absolute atomic E-state index is 0.126. The molecular formula is C27H25N5O3. The molecule has 3 aromatic carbocycles. The molecule has 1 N–H and O–H groups in total. The van der Waals surface area contributed by atoms with Crippen LogP contribution in [0.3, 0.4) is 0 Å². The maximum absolute atomic E-state index is 12.9. The van der Waals surface area contributed by atoms with E-state index in [9.17, 15) is 9.59 Å². The van der Waals surface area contributed by atoms with Gasteiger partial charge in [0.1, 0.15) is 0 Å². The van der Waals surface area contributed by atoms with Crippen LogP contribution in [-0.2, 0) is 11.3 Å². The van der Waals surface area contributed by atoms with Gasteiger partial charge in [-0.05, 0) is 61.0 Å². The summed E-state index contributed by atoms with van der Waals surface area (Å²) in [6.07, 6.45) is 0.732. The average Bonchev–Trinajstić information content (AvgIpc) is 3.24. The molecule has 8 heteroatoms. The van der Waals surface area contributed by atoms with Gasteiger partial charge in [0.15, 0.2) is 0 Å². The lowest BCUT2D eigenvalue weighted by Gasteiger charge is -2.17. The molecule has 35 heavy (non-hydrogen) atoms. The van der Waals surface area contributed by atoms with Crippen molar-refractivity contribution in [1.82, 2.24) is 9.55 Å². The first kappa shape index (κ1) is 23.7. The third kappa shape index (κ3) is 5.21. The highest BCUT2D eigenvalue weighted by Gasteiger charge is 2.18. The molecule has 0 radical (unpaired) electrons. The Morgan fingerprint density at radius 2 is 1.80 bits per heavy atom. The molecule has 0 saturated carbocycles. The van der Waals surface area contributed by atoms with E-state index in [0.29, 0.717) is 47.0 Å². The van der Waals surface area contributed by atoms with E-state index in [-0.39, 0.29) is 11.8 Å². The molecule has 176 valence electrons. The number of ether oxygens (including phenoxy) is 1. The molecule has 0 spiro atoms. The van der Waals surface area contributed by atoms with Crippen LogP contribution < -0.4 is 10.2 Å². The molecule has 0 aliphatic heterocycles. The second-order valence-corrected chi connectivity index (χ2v) is 7.98. The standard InChI is InChI=1S/C27H25N5O3/c1-31(26(34)21-7-4-3-5-8-21)22-13-14-24-23(17-22)29-27(32(24)15-6-16-35-2)30-25(33)20-11-9-19(18-28)10-12-20/h3-5,7-14,17H,6,15-16H2,1-2H3,(H,29,30,33). The Morgan fingerprint density at radius 1 is 1.06 bits per heavy atom. The van der Waals surface area contributed by atoms with E-state index in [1.165, 1.54) is 0 Å². The predicted molar refractivity (Wildman–Crippen MR) is 135 cm³/mol. The fourth-order valence-electron chi connectivity index (χ4n) is 3.78. The predicted octanol–water partition coefficient (Wildman–Crippen LogP) is 4.47. The van der Waals surface area contributed by atoms with Gasteiger partial charge in [-0.1, -0.05) is 18.2 Å². The third-order valence-electron chi connectivity index (χ3n) is 5.68. The van der Waals surface area contributed by atoms with Crippen molar-refractivity contribution in [2.45, 2.75) is 13.0 Å². The molecule has 1 heterocycles. The zero-order valence-electron chi connectivity index (χ0n) is 19.6. The summed E-state index contributed by atoms with van der Waals surface area (Å²) >= 11 is 0. The molecule has 0 saturated heterocycles. The molecular weight excluding hydrogens is 442 g/mol. The molecule has 0 aliphatic carbocycles. The highest BCUT2D eigenvalue weighted by atomic mass is 16.5. The molecule has 0 atom stereocenters. The second-order valence-electron chi connectivity index (χ2n) is 7.98. The van der Waals surface area contributed by atoms with Gasteiger partial charge in [-0.3, -0.25) is 14.9 Å². The first-order valence-electron chi connectivity index (χ1n) is 11.2. The zero-order chi connectivity index (χ0) is 24.8. The lowest BCUT2D eigenvalue weighted by Crippen LogP contribution is -2.26. The summed E-state index contributed by atoms with van der Waals surface area (Å²) < 4.78 is 7.12.